The number of hydrogen-bond acceptors (Lipinski definition) is 4. The largest absolute Gasteiger partial charge is 0.321 e. The van der Waals surface area contributed by atoms with Crippen LogP contribution in [0.1, 0.15) is 5.56 Å². The van der Waals surface area contributed by atoms with E-state index in [4.69, 9.17) is 11.6 Å². The lowest BCUT2D eigenvalue weighted by Crippen LogP contribution is -2.30. The minimum Gasteiger partial charge on any atom is -0.321 e. The molecule has 3 aromatic rings. The zero-order chi connectivity index (χ0) is 24.2. The van der Waals surface area contributed by atoms with Crippen molar-refractivity contribution in [3.8, 4) is 6.07 Å². The van der Waals surface area contributed by atoms with Crippen molar-refractivity contribution in [2.24, 2.45) is 0 Å². The molecule has 1 N–H and O–H groups in total. The number of anilines is 2. The Kier molecular flexibility index (Phi) is 7.37. The molecule has 1 aliphatic heterocycles. The summed E-state index contributed by atoms with van der Waals surface area (Å²) in [6, 6.07) is 21.3. The van der Waals surface area contributed by atoms with Crippen molar-refractivity contribution in [1.29, 1.82) is 5.26 Å². The first-order chi connectivity index (χ1) is 16.4. The first-order valence-corrected chi connectivity index (χ1v) is 12.1. The lowest BCUT2D eigenvalue weighted by atomic mass is 10.1. The molecule has 1 fully saturated rings. The van der Waals surface area contributed by atoms with E-state index in [0.717, 1.165) is 21.8 Å². The van der Waals surface area contributed by atoms with Gasteiger partial charge in [-0.3, -0.25) is 14.5 Å². The van der Waals surface area contributed by atoms with Gasteiger partial charge in [0.2, 0.25) is 5.91 Å². The molecule has 1 atom stereocenters. The number of nitriles is 1. The maximum atomic E-state index is 13.5. The van der Waals surface area contributed by atoms with Crippen LogP contribution in [0.5, 0.6) is 0 Å². The van der Waals surface area contributed by atoms with Crippen LogP contribution in [0.4, 0.5) is 15.8 Å². The van der Waals surface area contributed by atoms with Gasteiger partial charge >= 0.3 is 0 Å². The molecule has 1 saturated heterocycles. The predicted octanol–water partition coefficient (Wildman–Crippen LogP) is 6.31. The molecule has 1 heterocycles. The van der Waals surface area contributed by atoms with Gasteiger partial charge in [-0.25, -0.2) is 4.39 Å². The van der Waals surface area contributed by atoms with Crippen LogP contribution >= 0.6 is 39.3 Å². The molecule has 0 aromatic heterocycles. The Hall–Kier alpha value is -3.12. The number of carbonyl (C=O) groups is 2. The Morgan fingerprint density at radius 1 is 1.15 bits per heavy atom. The maximum Gasteiger partial charge on any atom is 0.269 e. The number of hydrogen-bond donors (Lipinski definition) is 1. The summed E-state index contributed by atoms with van der Waals surface area (Å²) < 4.78 is 14.4. The summed E-state index contributed by atoms with van der Waals surface area (Å²) in [5.41, 5.74) is 1.50. The third-order valence-electron chi connectivity index (χ3n) is 5.00. The van der Waals surface area contributed by atoms with Crippen molar-refractivity contribution >= 4 is 62.5 Å². The highest BCUT2D eigenvalue weighted by Crippen LogP contribution is 2.42. The molecule has 0 aliphatic carbocycles. The highest BCUT2D eigenvalue weighted by molar-refractivity contribution is 9.10. The smallest absolute Gasteiger partial charge is 0.269 e. The Labute approximate surface area is 213 Å². The van der Waals surface area contributed by atoms with E-state index in [1.807, 2.05) is 12.1 Å². The normalized spacial score (nSPS) is 16.8. The van der Waals surface area contributed by atoms with Crippen LogP contribution in [0.3, 0.4) is 0 Å². The number of nitrogens with one attached hydrogen (secondary N) is 1. The second-order valence-electron chi connectivity index (χ2n) is 7.34. The van der Waals surface area contributed by atoms with Gasteiger partial charge in [-0.05, 0) is 72.6 Å². The summed E-state index contributed by atoms with van der Waals surface area (Å²) in [4.78, 5) is 27.8. The fraction of sp³-hybridized carbons (Fsp3) is 0.0800. The Morgan fingerprint density at radius 3 is 2.50 bits per heavy atom. The first kappa shape index (κ1) is 24.0. The molecule has 170 valence electrons. The topological polar surface area (TPSA) is 73.2 Å². The number of nitrogens with zero attached hydrogens (tertiary/aromatic N) is 2. The Morgan fingerprint density at radius 2 is 1.85 bits per heavy atom. The summed E-state index contributed by atoms with van der Waals surface area (Å²) in [5, 5.41) is 12.7. The summed E-state index contributed by atoms with van der Waals surface area (Å²) in [6.07, 6.45) is 0.346. The standard InChI is InChI=1S/C25H16BrClFN3O2S/c26-16-4-8-19(9-5-16)30-23(32)21(14-29)25-31(20-10-6-18(28)7-11-20)24(33)22(34-25)13-15-2-1-3-17(27)12-15/h1-12,22H,13H2,(H,30,32)/b25-21-/t22-/m1/s1. The summed E-state index contributed by atoms with van der Waals surface area (Å²) in [6.45, 7) is 0. The lowest BCUT2D eigenvalue weighted by molar-refractivity contribution is -0.117. The number of carbonyl (C=O) groups excluding carboxylic acids is 2. The van der Waals surface area contributed by atoms with Gasteiger partial charge < -0.3 is 5.32 Å². The highest BCUT2D eigenvalue weighted by Gasteiger charge is 2.40. The van der Waals surface area contributed by atoms with Crippen LogP contribution in [0.2, 0.25) is 5.02 Å². The third kappa shape index (κ3) is 5.33. The quantitative estimate of drug-likeness (QED) is 0.295. The van der Waals surface area contributed by atoms with Crippen LogP contribution < -0.4 is 10.2 Å². The summed E-state index contributed by atoms with van der Waals surface area (Å²) >= 11 is 10.6. The van der Waals surface area contributed by atoms with E-state index in [1.54, 1.807) is 42.5 Å². The maximum absolute atomic E-state index is 13.5. The van der Waals surface area contributed by atoms with Gasteiger partial charge in [-0.1, -0.05) is 51.4 Å². The highest BCUT2D eigenvalue weighted by atomic mass is 79.9. The fourth-order valence-corrected chi connectivity index (χ4v) is 5.20. The van der Waals surface area contributed by atoms with Crippen molar-refractivity contribution in [3.05, 3.63) is 104 Å². The Bertz CT molecular complexity index is 1320. The zero-order valence-electron chi connectivity index (χ0n) is 17.5. The number of halogens is 3. The zero-order valence-corrected chi connectivity index (χ0v) is 20.6. The molecule has 3 aromatic carbocycles. The molecular formula is C25H16BrClFN3O2S. The minimum absolute atomic E-state index is 0.195. The van der Waals surface area contributed by atoms with Crippen molar-refractivity contribution in [2.45, 2.75) is 11.7 Å². The number of benzene rings is 3. The molecule has 5 nitrogen and oxygen atoms in total. The molecule has 2 amide bonds. The van der Waals surface area contributed by atoms with Crippen molar-refractivity contribution in [2.75, 3.05) is 10.2 Å². The van der Waals surface area contributed by atoms with E-state index in [0.29, 0.717) is 22.8 Å². The summed E-state index contributed by atoms with van der Waals surface area (Å²) in [7, 11) is 0. The van der Waals surface area contributed by atoms with Gasteiger partial charge in [0.15, 0.2) is 0 Å². The van der Waals surface area contributed by atoms with Crippen LogP contribution in [0, 0.1) is 17.1 Å². The SMILES string of the molecule is N#C/C(C(=O)Nc1ccc(Br)cc1)=C1/S[C@H](Cc2cccc(Cl)c2)C(=O)N1c1ccc(F)cc1. The van der Waals surface area contributed by atoms with E-state index in [-0.39, 0.29) is 16.5 Å². The second kappa shape index (κ2) is 10.4. The average Bonchev–Trinajstić information content (AvgIpc) is 3.12. The van der Waals surface area contributed by atoms with Gasteiger partial charge in [-0.2, -0.15) is 5.26 Å². The van der Waals surface area contributed by atoms with E-state index in [2.05, 4.69) is 21.2 Å². The lowest BCUT2D eigenvalue weighted by Gasteiger charge is -2.18. The molecule has 1 aliphatic rings. The van der Waals surface area contributed by atoms with Gasteiger partial charge in [0, 0.05) is 20.9 Å². The molecule has 9 heteroatoms. The van der Waals surface area contributed by atoms with Gasteiger partial charge in [0.05, 0.1) is 5.25 Å². The van der Waals surface area contributed by atoms with Crippen molar-refractivity contribution in [1.82, 2.24) is 0 Å². The van der Waals surface area contributed by atoms with Crippen LogP contribution in [0.25, 0.3) is 0 Å². The number of thioether (sulfide) groups is 1. The Balaban J connectivity index is 1.72. The average molecular weight is 557 g/mol. The predicted molar refractivity (Wildman–Crippen MR) is 136 cm³/mol. The molecule has 0 radical (unpaired) electrons. The molecule has 0 spiro atoms. The molecule has 0 saturated carbocycles. The van der Waals surface area contributed by atoms with E-state index in [1.165, 1.54) is 29.2 Å². The number of rotatable bonds is 5. The van der Waals surface area contributed by atoms with Crippen LogP contribution in [-0.2, 0) is 16.0 Å². The van der Waals surface area contributed by atoms with Crippen LogP contribution in [-0.4, -0.2) is 17.1 Å². The molecule has 4 rings (SSSR count). The van der Waals surface area contributed by atoms with E-state index < -0.39 is 17.0 Å². The number of amides is 2. The molecule has 34 heavy (non-hydrogen) atoms. The molecule has 0 unspecified atom stereocenters. The third-order valence-corrected chi connectivity index (χ3v) is 7.03. The fourth-order valence-electron chi connectivity index (χ4n) is 3.42. The van der Waals surface area contributed by atoms with E-state index >= 15 is 0 Å². The first-order valence-electron chi connectivity index (χ1n) is 10.1. The minimum atomic E-state index is -0.643. The second-order valence-corrected chi connectivity index (χ2v) is 9.89. The van der Waals surface area contributed by atoms with Gasteiger partial charge in [0.1, 0.15) is 22.5 Å². The monoisotopic (exact) mass is 555 g/mol. The van der Waals surface area contributed by atoms with Crippen LogP contribution in [0.15, 0.2) is 87.9 Å². The molecular weight excluding hydrogens is 541 g/mol. The molecule has 0 bridgehead atoms. The van der Waals surface area contributed by atoms with Gasteiger partial charge in [0.25, 0.3) is 5.91 Å². The summed E-state index contributed by atoms with van der Waals surface area (Å²) in [5.74, 6) is -1.41. The van der Waals surface area contributed by atoms with Crippen molar-refractivity contribution in [3.63, 3.8) is 0 Å². The van der Waals surface area contributed by atoms with Crippen molar-refractivity contribution < 1.29 is 14.0 Å². The van der Waals surface area contributed by atoms with E-state index in [9.17, 15) is 19.2 Å². The van der Waals surface area contributed by atoms with Gasteiger partial charge in [-0.15, -0.1) is 0 Å².